The second-order valence-electron chi connectivity index (χ2n) is 8.58. The second-order valence-corrected chi connectivity index (χ2v) is 9.46. The Balaban J connectivity index is 1.99. The molecule has 128 valence electrons. The molecule has 0 aromatic rings. The van der Waals surface area contributed by atoms with Crippen molar-refractivity contribution in [2.24, 2.45) is 28.9 Å². The first kappa shape index (κ1) is 18.6. The van der Waals surface area contributed by atoms with Crippen molar-refractivity contribution in [3.05, 3.63) is 12.3 Å². The van der Waals surface area contributed by atoms with Gasteiger partial charge in [-0.2, -0.15) is 0 Å². The van der Waals surface area contributed by atoms with Gasteiger partial charge in [-0.15, -0.1) is 0 Å². The summed E-state index contributed by atoms with van der Waals surface area (Å²) >= 11 is 2.60. The summed E-state index contributed by atoms with van der Waals surface area (Å²) in [6.07, 6.45) is 7.95. The van der Waals surface area contributed by atoms with Gasteiger partial charge in [0.1, 0.15) is 0 Å². The lowest BCUT2D eigenvalue weighted by molar-refractivity contribution is 0.0666. The first-order valence-corrected chi connectivity index (χ1v) is 10.6. The van der Waals surface area contributed by atoms with E-state index in [1.807, 2.05) is 0 Å². The number of likely N-dealkylation sites (tertiary alicyclic amines) is 1. The normalized spacial score (nSPS) is 34.8. The summed E-state index contributed by atoms with van der Waals surface area (Å²) in [6.45, 7) is 13.8. The van der Waals surface area contributed by atoms with Crippen LogP contribution in [0.25, 0.3) is 0 Å². The van der Waals surface area contributed by atoms with Crippen LogP contribution in [0.3, 0.4) is 0 Å². The molecule has 0 amide bonds. The maximum Gasteiger partial charge on any atom is 0.0100 e. The van der Waals surface area contributed by atoms with Crippen LogP contribution in [0, 0.1) is 23.2 Å². The minimum Gasteiger partial charge on any atom is -0.402 e. The zero-order chi connectivity index (χ0) is 16.3. The molecule has 0 radical (unpaired) electrons. The third kappa shape index (κ3) is 4.86. The molecule has 3 unspecified atom stereocenters. The van der Waals surface area contributed by atoms with Gasteiger partial charge in [0, 0.05) is 22.1 Å². The van der Waals surface area contributed by atoms with Gasteiger partial charge in [0.25, 0.3) is 0 Å². The Labute approximate surface area is 151 Å². The maximum absolute atomic E-state index is 5.92. The van der Waals surface area contributed by atoms with E-state index >= 15 is 0 Å². The molecule has 2 aliphatic rings. The van der Waals surface area contributed by atoms with Crippen LogP contribution in [0.4, 0.5) is 0 Å². The molecule has 0 aromatic carbocycles. The number of rotatable bonds is 3. The van der Waals surface area contributed by atoms with Crippen molar-refractivity contribution in [1.29, 1.82) is 0 Å². The van der Waals surface area contributed by atoms with Crippen LogP contribution in [-0.2, 0) is 0 Å². The molecule has 0 spiro atoms. The van der Waals surface area contributed by atoms with Crippen LogP contribution in [-0.4, -0.2) is 28.5 Å². The fraction of sp³-hybridized carbons (Fsp3) is 0.895. The van der Waals surface area contributed by atoms with Crippen molar-refractivity contribution in [2.45, 2.75) is 65.3 Å². The molecule has 2 N–H and O–H groups in total. The van der Waals surface area contributed by atoms with Crippen LogP contribution in [0.1, 0.15) is 59.3 Å². The summed E-state index contributed by atoms with van der Waals surface area (Å²) in [4.78, 5) is 2.77. The van der Waals surface area contributed by atoms with E-state index in [-0.39, 0.29) is 0 Å². The average molecular weight is 418 g/mol. The van der Waals surface area contributed by atoms with Gasteiger partial charge in [-0.3, -0.25) is 0 Å². The monoisotopic (exact) mass is 418 g/mol. The van der Waals surface area contributed by atoms with E-state index in [0.29, 0.717) is 11.3 Å². The van der Waals surface area contributed by atoms with Crippen LogP contribution in [0.2, 0.25) is 0 Å². The Kier molecular flexibility index (Phi) is 6.64. The highest BCUT2D eigenvalue weighted by Gasteiger charge is 2.35. The van der Waals surface area contributed by atoms with E-state index in [0.717, 1.165) is 23.6 Å². The number of nitrogens with zero attached hydrogens (tertiary/aromatic N) is 1. The van der Waals surface area contributed by atoms with Crippen molar-refractivity contribution in [3.63, 3.8) is 0 Å². The van der Waals surface area contributed by atoms with Crippen LogP contribution < -0.4 is 5.73 Å². The zero-order valence-electron chi connectivity index (χ0n) is 14.8. The summed E-state index contributed by atoms with van der Waals surface area (Å²) in [7, 11) is 0. The van der Waals surface area contributed by atoms with Gasteiger partial charge in [0.2, 0.25) is 0 Å². The van der Waals surface area contributed by atoms with Gasteiger partial charge < -0.3 is 10.6 Å². The lowest BCUT2D eigenvalue weighted by Crippen LogP contribution is -2.45. The Bertz CT molecular complexity index is 372. The number of allylic oxidation sites excluding steroid dienone is 1. The van der Waals surface area contributed by atoms with Crippen LogP contribution in [0.15, 0.2) is 12.3 Å². The van der Waals surface area contributed by atoms with Crippen molar-refractivity contribution < 1.29 is 0 Å². The smallest absolute Gasteiger partial charge is 0.0100 e. The first-order valence-electron chi connectivity index (χ1n) is 9.06. The topological polar surface area (TPSA) is 29.3 Å². The molecule has 2 rings (SSSR count). The maximum atomic E-state index is 5.92. The number of piperidine rings is 1. The predicted molar refractivity (Wildman–Crippen MR) is 105 cm³/mol. The molecule has 0 aromatic heterocycles. The van der Waals surface area contributed by atoms with E-state index in [2.05, 4.69) is 54.8 Å². The van der Waals surface area contributed by atoms with Crippen molar-refractivity contribution in [1.82, 2.24) is 4.90 Å². The third-order valence-corrected chi connectivity index (χ3v) is 7.24. The average Bonchev–Trinajstić information content (AvgIpc) is 2.44. The number of hydrogen-bond donors (Lipinski definition) is 1. The summed E-state index contributed by atoms with van der Waals surface area (Å²) in [5.41, 5.74) is 7.29. The van der Waals surface area contributed by atoms with Crippen molar-refractivity contribution >= 4 is 22.6 Å². The van der Waals surface area contributed by atoms with Gasteiger partial charge in [-0.25, -0.2) is 0 Å². The number of halogens is 1. The van der Waals surface area contributed by atoms with E-state index < -0.39 is 0 Å². The highest BCUT2D eigenvalue weighted by molar-refractivity contribution is 14.1. The van der Waals surface area contributed by atoms with Gasteiger partial charge in [0.15, 0.2) is 0 Å². The van der Waals surface area contributed by atoms with E-state index in [9.17, 15) is 0 Å². The lowest BCUT2D eigenvalue weighted by Gasteiger charge is -2.44. The van der Waals surface area contributed by atoms with E-state index in [1.54, 1.807) is 0 Å². The fourth-order valence-corrected chi connectivity index (χ4v) is 6.04. The molecule has 3 heteroatoms. The molecule has 22 heavy (non-hydrogen) atoms. The highest BCUT2D eigenvalue weighted by atomic mass is 127. The fourth-order valence-electron chi connectivity index (χ4n) is 4.73. The van der Waals surface area contributed by atoms with Crippen LogP contribution >= 0.6 is 22.6 Å². The Hall–Kier alpha value is 0.230. The zero-order valence-corrected chi connectivity index (χ0v) is 16.9. The molecule has 1 saturated heterocycles. The third-order valence-electron chi connectivity index (χ3n) is 6.11. The molecule has 0 bridgehead atoms. The van der Waals surface area contributed by atoms with E-state index in [1.165, 1.54) is 56.0 Å². The standard InChI is InChI=1S/C19H35IN2/c1-14-11-19(3,4)12-18(6-5-17(14)13-20)22-9-7-16(8-10-22)15(2)21/h14,16-18H,2,5-13,21H2,1,3-4H3. The molecule has 2 fully saturated rings. The Morgan fingerprint density at radius 2 is 1.82 bits per heavy atom. The quantitative estimate of drug-likeness (QED) is 0.526. The molecular formula is C19H35IN2. The van der Waals surface area contributed by atoms with Gasteiger partial charge in [0.05, 0.1) is 0 Å². The summed E-state index contributed by atoms with van der Waals surface area (Å²) in [6, 6.07) is 0.778. The number of nitrogens with two attached hydrogens (primary N) is 1. The first-order chi connectivity index (χ1) is 10.3. The molecule has 3 atom stereocenters. The lowest BCUT2D eigenvalue weighted by atomic mass is 9.70. The SMILES string of the molecule is C=C(N)C1CCN(C2CCC(CI)C(C)CC(C)(C)C2)CC1. The molecule has 1 saturated carbocycles. The molecule has 2 nitrogen and oxygen atoms in total. The van der Waals surface area contributed by atoms with Gasteiger partial charge >= 0.3 is 0 Å². The molecule has 1 aliphatic carbocycles. The molecule has 1 aliphatic heterocycles. The van der Waals surface area contributed by atoms with Gasteiger partial charge in [-0.1, -0.05) is 49.9 Å². The van der Waals surface area contributed by atoms with Crippen molar-refractivity contribution in [2.75, 3.05) is 17.5 Å². The van der Waals surface area contributed by atoms with Gasteiger partial charge in [-0.05, 0) is 68.9 Å². The van der Waals surface area contributed by atoms with Crippen LogP contribution in [0.5, 0.6) is 0 Å². The molecule has 1 heterocycles. The number of alkyl halides is 1. The predicted octanol–water partition coefficient (Wildman–Crippen LogP) is 4.83. The number of hydrogen-bond acceptors (Lipinski definition) is 2. The minimum atomic E-state index is 0.475. The Morgan fingerprint density at radius 1 is 1.18 bits per heavy atom. The minimum absolute atomic E-state index is 0.475. The summed E-state index contributed by atoms with van der Waals surface area (Å²) in [5, 5.41) is 0. The highest BCUT2D eigenvalue weighted by Crippen LogP contribution is 2.41. The summed E-state index contributed by atoms with van der Waals surface area (Å²) in [5.74, 6) is 2.34. The largest absolute Gasteiger partial charge is 0.402 e. The Morgan fingerprint density at radius 3 is 2.36 bits per heavy atom. The second kappa shape index (κ2) is 7.87. The molecular weight excluding hydrogens is 383 g/mol. The van der Waals surface area contributed by atoms with E-state index in [4.69, 9.17) is 5.73 Å². The summed E-state index contributed by atoms with van der Waals surface area (Å²) < 4.78 is 1.32. The van der Waals surface area contributed by atoms with Crippen molar-refractivity contribution in [3.8, 4) is 0 Å².